The van der Waals surface area contributed by atoms with Crippen molar-refractivity contribution in [3.05, 3.63) is 24.5 Å². The summed E-state index contributed by atoms with van der Waals surface area (Å²) >= 11 is 0. The molecule has 0 aromatic carbocycles. The molecule has 0 aliphatic rings. The maximum atomic E-state index is 11.9. The van der Waals surface area contributed by atoms with Gasteiger partial charge in [-0.25, -0.2) is 0 Å². The lowest BCUT2D eigenvalue weighted by Gasteiger charge is -2.20. The molecular formula is C13H16N2O. The smallest absolute Gasteiger partial charge is 0.227 e. The number of unbranched alkanes of at least 4 members (excludes halogenated alkanes) is 1. The summed E-state index contributed by atoms with van der Waals surface area (Å²) in [4.78, 5) is 17.6. The van der Waals surface area contributed by atoms with Crippen molar-refractivity contribution in [3.8, 4) is 12.3 Å². The first-order chi connectivity index (χ1) is 7.79. The number of pyridine rings is 1. The van der Waals surface area contributed by atoms with Gasteiger partial charge in [0.1, 0.15) is 0 Å². The van der Waals surface area contributed by atoms with Crippen LogP contribution in [-0.4, -0.2) is 17.4 Å². The Morgan fingerprint density at radius 3 is 3.00 bits per heavy atom. The molecule has 0 saturated carbocycles. The lowest BCUT2D eigenvalue weighted by atomic mass is 10.2. The molecule has 0 bridgehead atoms. The average Bonchev–Trinajstić information content (AvgIpc) is 2.32. The Balaban J connectivity index is 2.61. The quantitative estimate of drug-likeness (QED) is 0.558. The van der Waals surface area contributed by atoms with Gasteiger partial charge < -0.3 is 4.90 Å². The van der Waals surface area contributed by atoms with Gasteiger partial charge in [-0.3, -0.25) is 9.78 Å². The van der Waals surface area contributed by atoms with E-state index in [2.05, 4.69) is 10.9 Å². The van der Waals surface area contributed by atoms with Crippen LogP contribution in [0.15, 0.2) is 24.5 Å². The minimum Gasteiger partial charge on any atom is -0.311 e. The van der Waals surface area contributed by atoms with E-state index in [1.165, 1.54) is 0 Å². The third-order valence-electron chi connectivity index (χ3n) is 2.29. The molecule has 16 heavy (non-hydrogen) atoms. The molecule has 0 spiro atoms. The second-order valence-electron chi connectivity index (χ2n) is 3.41. The Hall–Kier alpha value is -1.82. The molecule has 1 aromatic rings. The highest BCUT2D eigenvalue weighted by Gasteiger charge is 2.12. The van der Waals surface area contributed by atoms with E-state index in [-0.39, 0.29) is 5.91 Å². The summed E-state index contributed by atoms with van der Waals surface area (Å²) in [5, 5.41) is 0. The van der Waals surface area contributed by atoms with Crippen molar-refractivity contribution < 1.29 is 4.79 Å². The number of carbonyl (C=O) groups excluding carboxylic acids is 1. The largest absolute Gasteiger partial charge is 0.311 e. The number of hydrogen-bond donors (Lipinski definition) is 0. The van der Waals surface area contributed by atoms with Gasteiger partial charge in [0.15, 0.2) is 0 Å². The van der Waals surface area contributed by atoms with Crippen molar-refractivity contribution in [2.75, 3.05) is 11.4 Å². The summed E-state index contributed by atoms with van der Waals surface area (Å²) in [5.41, 5.74) is 0.843. The lowest BCUT2D eigenvalue weighted by molar-refractivity contribution is -0.118. The van der Waals surface area contributed by atoms with Gasteiger partial charge >= 0.3 is 0 Å². The summed E-state index contributed by atoms with van der Waals surface area (Å²) in [6, 6.07) is 3.71. The Kier molecular flexibility index (Phi) is 5.07. The van der Waals surface area contributed by atoms with Crippen LogP contribution >= 0.6 is 0 Å². The molecule has 0 aliphatic carbocycles. The Labute approximate surface area is 96.5 Å². The molecule has 1 heterocycles. The molecule has 0 saturated heterocycles. The number of nitrogens with zero attached hydrogens (tertiary/aromatic N) is 2. The molecule has 0 fully saturated rings. The maximum absolute atomic E-state index is 11.9. The number of anilines is 1. The van der Waals surface area contributed by atoms with Crippen LogP contribution in [-0.2, 0) is 4.79 Å². The average molecular weight is 216 g/mol. The molecular weight excluding hydrogens is 200 g/mol. The normalized spacial score (nSPS) is 9.50. The second kappa shape index (κ2) is 6.62. The summed E-state index contributed by atoms with van der Waals surface area (Å²) in [6.07, 6.45) is 10.4. The zero-order chi connectivity index (χ0) is 11.8. The van der Waals surface area contributed by atoms with Crippen molar-refractivity contribution in [2.45, 2.75) is 26.2 Å². The van der Waals surface area contributed by atoms with Crippen LogP contribution in [0.4, 0.5) is 5.69 Å². The van der Waals surface area contributed by atoms with Crippen LogP contribution in [0.2, 0.25) is 0 Å². The number of terminal acetylenes is 1. The van der Waals surface area contributed by atoms with Crippen LogP contribution in [0.1, 0.15) is 26.2 Å². The van der Waals surface area contributed by atoms with Crippen molar-refractivity contribution in [1.29, 1.82) is 0 Å². The minimum absolute atomic E-state index is 0.103. The van der Waals surface area contributed by atoms with Gasteiger partial charge in [-0.15, -0.1) is 12.3 Å². The third-order valence-corrected chi connectivity index (χ3v) is 2.29. The zero-order valence-corrected chi connectivity index (χ0v) is 9.52. The number of carbonyl (C=O) groups is 1. The van der Waals surface area contributed by atoms with Crippen LogP contribution in [0.3, 0.4) is 0 Å². The van der Waals surface area contributed by atoms with E-state index < -0.39 is 0 Å². The van der Waals surface area contributed by atoms with Crippen LogP contribution in [0.5, 0.6) is 0 Å². The van der Waals surface area contributed by atoms with Crippen LogP contribution in [0.25, 0.3) is 0 Å². The number of aromatic nitrogens is 1. The van der Waals surface area contributed by atoms with Crippen molar-refractivity contribution in [3.63, 3.8) is 0 Å². The SMILES string of the molecule is C#CCCCC(=O)N(CC)c1cccnc1. The fourth-order valence-corrected chi connectivity index (χ4v) is 1.49. The fraction of sp³-hybridized carbons (Fsp3) is 0.385. The Morgan fingerprint density at radius 1 is 1.62 bits per heavy atom. The predicted octanol–water partition coefficient (Wildman–Crippen LogP) is 2.24. The van der Waals surface area contributed by atoms with E-state index in [1.54, 1.807) is 17.3 Å². The lowest BCUT2D eigenvalue weighted by Crippen LogP contribution is -2.30. The minimum atomic E-state index is 0.103. The molecule has 0 radical (unpaired) electrons. The van der Waals surface area contributed by atoms with Crippen LogP contribution < -0.4 is 4.90 Å². The molecule has 3 nitrogen and oxygen atoms in total. The van der Waals surface area contributed by atoms with E-state index in [0.717, 1.165) is 12.1 Å². The first kappa shape index (κ1) is 12.3. The predicted molar refractivity (Wildman–Crippen MR) is 64.9 cm³/mol. The highest BCUT2D eigenvalue weighted by molar-refractivity contribution is 5.93. The number of amides is 1. The van der Waals surface area contributed by atoms with E-state index in [0.29, 0.717) is 19.4 Å². The van der Waals surface area contributed by atoms with E-state index in [4.69, 9.17) is 6.42 Å². The highest BCUT2D eigenvalue weighted by atomic mass is 16.2. The molecule has 84 valence electrons. The van der Waals surface area contributed by atoms with Gasteiger partial charge in [0.25, 0.3) is 0 Å². The van der Waals surface area contributed by atoms with Crippen molar-refractivity contribution in [1.82, 2.24) is 4.98 Å². The van der Waals surface area contributed by atoms with Gasteiger partial charge in [0.2, 0.25) is 5.91 Å². The van der Waals surface area contributed by atoms with Gasteiger partial charge in [0.05, 0.1) is 11.9 Å². The van der Waals surface area contributed by atoms with E-state index in [9.17, 15) is 4.79 Å². The summed E-state index contributed by atoms with van der Waals surface area (Å²) in [5.74, 6) is 2.64. The summed E-state index contributed by atoms with van der Waals surface area (Å²) < 4.78 is 0. The first-order valence-electron chi connectivity index (χ1n) is 5.43. The Morgan fingerprint density at radius 2 is 2.44 bits per heavy atom. The van der Waals surface area contributed by atoms with Gasteiger partial charge in [0, 0.05) is 25.6 Å². The summed E-state index contributed by atoms with van der Waals surface area (Å²) in [6.45, 7) is 2.60. The van der Waals surface area contributed by atoms with Gasteiger partial charge in [-0.1, -0.05) is 0 Å². The summed E-state index contributed by atoms with van der Waals surface area (Å²) in [7, 11) is 0. The van der Waals surface area contributed by atoms with E-state index >= 15 is 0 Å². The molecule has 1 amide bonds. The van der Waals surface area contributed by atoms with Gasteiger partial charge in [-0.05, 0) is 25.5 Å². The first-order valence-corrected chi connectivity index (χ1v) is 5.43. The maximum Gasteiger partial charge on any atom is 0.227 e. The van der Waals surface area contributed by atoms with Gasteiger partial charge in [-0.2, -0.15) is 0 Å². The molecule has 1 aromatic heterocycles. The third kappa shape index (κ3) is 3.39. The zero-order valence-electron chi connectivity index (χ0n) is 9.52. The monoisotopic (exact) mass is 216 g/mol. The van der Waals surface area contributed by atoms with Crippen LogP contribution in [0, 0.1) is 12.3 Å². The standard InChI is InChI=1S/C13H16N2O/c1-3-5-6-9-13(16)15(4-2)12-8-7-10-14-11-12/h1,7-8,10-11H,4-6,9H2,2H3. The van der Waals surface area contributed by atoms with E-state index in [1.807, 2.05) is 19.1 Å². The molecule has 1 rings (SSSR count). The molecule has 0 atom stereocenters. The number of hydrogen-bond acceptors (Lipinski definition) is 2. The fourth-order valence-electron chi connectivity index (χ4n) is 1.49. The molecule has 0 N–H and O–H groups in total. The second-order valence-corrected chi connectivity index (χ2v) is 3.41. The highest BCUT2D eigenvalue weighted by Crippen LogP contribution is 2.13. The molecule has 0 aliphatic heterocycles. The van der Waals surface area contributed by atoms with Crippen molar-refractivity contribution in [2.24, 2.45) is 0 Å². The van der Waals surface area contributed by atoms with Crippen molar-refractivity contribution >= 4 is 11.6 Å². The molecule has 0 unspecified atom stereocenters. The number of rotatable bonds is 5. The Bertz CT molecular complexity index is 367. The topological polar surface area (TPSA) is 33.2 Å². The molecule has 3 heteroatoms.